The molecule has 2 aromatic rings. The second-order valence-electron chi connectivity index (χ2n) is 6.96. The Hall–Kier alpha value is -1.89. The molecule has 1 atom stereocenters. The van der Waals surface area contributed by atoms with Crippen LogP contribution in [0, 0.1) is 0 Å². The number of hydrogen-bond acceptors (Lipinski definition) is 6. The van der Waals surface area contributed by atoms with Gasteiger partial charge in [-0.25, -0.2) is 0 Å². The molecule has 2 aromatic heterocycles. The molecule has 138 valence electrons. The Morgan fingerprint density at radius 3 is 3.15 bits per heavy atom. The fraction of sp³-hybridized carbons (Fsp3) is 0.450. The zero-order chi connectivity index (χ0) is 17.9. The van der Waals surface area contributed by atoms with Crippen molar-refractivity contribution in [1.82, 2.24) is 14.8 Å². The number of likely N-dealkylation sites (N-methyl/N-ethyl adjacent to an activating group) is 1. The Morgan fingerprint density at radius 2 is 2.27 bits per heavy atom. The predicted octanol–water partition coefficient (Wildman–Crippen LogP) is 1.51. The number of ether oxygens (including phenoxy) is 1. The van der Waals surface area contributed by atoms with Crippen LogP contribution < -0.4 is 15.9 Å². The van der Waals surface area contributed by atoms with Crippen LogP contribution in [0.5, 0.6) is 0 Å². The van der Waals surface area contributed by atoms with Gasteiger partial charge >= 0.3 is 0 Å². The number of fused-ring (bicyclic) bond motifs is 2. The summed E-state index contributed by atoms with van der Waals surface area (Å²) in [7, 11) is 4.02. The number of pyridine rings is 1. The summed E-state index contributed by atoms with van der Waals surface area (Å²) in [5, 5.41) is 9.07. The van der Waals surface area contributed by atoms with E-state index in [1.54, 1.807) is 18.4 Å². The summed E-state index contributed by atoms with van der Waals surface area (Å²) < 4.78 is 5.25. The van der Waals surface area contributed by atoms with E-state index in [2.05, 4.69) is 45.9 Å². The van der Waals surface area contributed by atoms with Gasteiger partial charge in [0.1, 0.15) is 5.00 Å². The first kappa shape index (κ1) is 17.5. The highest BCUT2D eigenvalue weighted by Crippen LogP contribution is 2.32. The van der Waals surface area contributed by atoms with Gasteiger partial charge < -0.3 is 15.0 Å². The first-order valence-electron chi connectivity index (χ1n) is 9.22. The van der Waals surface area contributed by atoms with Crippen LogP contribution in [0.15, 0.2) is 29.8 Å². The number of thiophene rings is 1. The lowest BCUT2D eigenvalue weighted by Crippen LogP contribution is -2.52. The first-order valence-corrected chi connectivity index (χ1v) is 10.1. The number of aromatic nitrogens is 1. The van der Waals surface area contributed by atoms with Crippen LogP contribution in [0.1, 0.15) is 18.4 Å². The molecule has 2 aliphatic rings. The van der Waals surface area contributed by atoms with Crippen molar-refractivity contribution in [3.8, 4) is 0 Å². The van der Waals surface area contributed by atoms with Crippen LogP contribution >= 0.6 is 11.3 Å². The molecule has 0 bridgehead atoms. The number of hydrogen-bond donors (Lipinski definition) is 1. The van der Waals surface area contributed by atoms with Crippen molar-refractivity contribution in [3.63, 3.8) is 0 Å². The maximum Gasteiger partial charge on any atom is 0.102 e. The molecule has 0 amide bonds. The average molecular weight is 371 g/mol. The van der Waals surface area contributed by atoms with Crippen molar-refractivity contribution in [2.45, 2.75) is 18.9 Å². The predicted molar refractivity (Wildman–Crippen MR) is 108 cm³/mol. The highest BCUT2D eigenvalue weighted by molar-refractivity contribution is 7.14. The van der Waals surface area contributed by atoms with Crippen molar-refractivity contribution in [1.29, 1.82) is 0 Å². The van der Waals surface area contributed by atoms with Gasteiger partial charge in [0.15, 0.2) is 0 Å². The third kappa shape index (κ3) is 3.37. The number of methoxy groups -OCH3 is 1. The van der Waals surface area contributed by atoms with E-state index in [0.717, 1.165) is 49.7 Å². The minimum atomic E-state index is 0.542. The molecule has 4 heterocycles. The highest BCUT2D eigenvalue weighted by atomic mass is 32.1. The molecule has 0 saturated carbocycles. The molecule has 1 N–H and O–H groups in total. The summed E-state index contributed by atoms with van der Waals surface area (Å²) in [6, 6.07) is 6.91. The summed E-state index contributed by atoms with van der Waals surface area (Å²) in [6.45, 7) is 3.96. The normalized spacial score (nSPS) is 20.0. The summed E-state index contributed by atoms with van der Waals surface area (Å²) in [5.74, 6) is 0. The summed E-state index contributed by atoms with van der Waals surface area (Å²) in [5.41, 5.74) is 2.53. The molecule has 0 radical (unpaired) electrons. The van der Waals surface area contributed by atoms with Gasteiger partial charge in [0.2, 0.25) is 0 Å². The van der Waals surface area contributed by atoms with E-state index in [1.807, 2.05) is 12.3 Å². The molecular weight excluding hydrogens is 344 g/mol. The van der Waals surface area contributed by atoms with Gasteiger partial charge in [-0.05, 0) is 43.5 Å². The van der Waals surface area contributed by atoms with Crippen LogP contribution in [0.25, 0.3) is 11.9 Å². The molecule has 1 unspecified atom stereocenters. The van der Waals surface area contributed by atoms with E-state index in [4.69, 9.17) is 9.72 Å². The van der Waals surface area contributed by atoms with Crippen LogP contribution in [-0.4, -0.2) is 61.2 Å². The molecule has 1 fully saturated rings. The number of nitrogens with one attached hydrogen (secondary N) is 1. The minimum absolute atomic E-state index is 0.542. The van der Waals surface area contributed by atoms with E-state index in [1.165, 1.54) is 16.3 Å². The minimum Gasteiger partial charge on any atom is -0.385 e. The number of rotatable bonds is 5. The first-order chi connectivity index (χ1) is 12.8. The van der Waals surface area contributed by atoms with E-state index in [9.17, 15) is 0 Å². The lowest BCUT2D eigenvalue weighted by atomic mass is 10.0. The largest absolute Gasteiger partial charge is 0.385 e. The van der Waals surface area contributed by atoms with Crippen molar-refractivity contribution in [3.05, 3.63) is 45.9 Å². The van der Waals surface area contributed by atoms with Crippen molar-refractivity contribution in [2.75, 3.05) is 45.7 Å². The Morgan fingerprint density at radius 1 is 1.35 bits per heavy atom. The summed E-state index contributed by atoms with van der Waals surface area (Å²) in [4.78, 5) is 9.78. The van der Waals surface area contributed by atoms with Gasteiger partial charge in [-0.1, -0.05) is 0 Å². The zero-order valence-corrected chi connectivity index (χ0v) is 16.3. The molecule has 0 aliphatic carbocycles. The lowest BCUT2D eigenvalue weighted by molar-refractivity contribution is 0.114. The molecular formula is C20H26N4OS. The molecule has 6 heteroatoms. The topological polar surface area (TPSA) is 40.6 Å². The Labute approximate surface area is 158 Å². The highest BCUT2D eigenvalue weighted by Gasteiger charge is 2.28. The molecule has 0 spiro atoms. The second-order valence-corrected chi connectivity index (χ2v) is 7.87. The van der Waals surface area contributed by atoms with Gasteiger partial charge in [-0.3, -0.25) is 9.88 Å². The third-order valence-electron chi connectivity index (χ3n) is 5.32. The van der Waals surface area contributed by atoms with Crippen molar-refractivity contribution < 1.29 is 4.74 Å². The van der Waals surface area contributed by atoms with Crippen LogP contribution in [0.2, 0.25) is 0 Å². The van der Waals surface area contributed by atoms with Gasteiger partial charge in [0.05, 0.1) is 11.0 Å². The van der Waals surface area contributed by atoms with E-state index in [-0.39, 0.29) is 0 Å². The summed E-state index contributed by atoms with van der Waals surface area (Å²) in [6.07, 6.45) is 6.24. The zero-order valence-electron chi connectivity index (χ0n) is 15.4. The molecule has 26 heavy (non-hydrogen) atoms. The Kier molecular flexibility index (Phi) is 5.24. The molecule has 0 aromatic carbocycles. The molecule has 5 nitrogen and oxygen atoms in total. The fourth-order valence-electron chi connectivity index (χ4n) is 3.85. The number of anilines is 1. The smallest absolute Gasteiger partial charge is 0.102 e. The molecule has 4 rings (SSSR count). The van der Waals surface area contributed by atoms with Crippen molar-refractivity contribution in [2.24, 2.45) is 0 Å². The van der Waals surface area contributed by atoms with Gasteiger partial charge in [-0.2, -0.15) is 0 Å². The maximum absolute atomic E-state index is 5.25. The Bertz CT molecular complexity index is 878. The number of piperazine rings is 1. The third-order valence-corrected chi connectivity index (χ3v) is 6.17. The molecule has 1 saturated heterocycles. The van der Waals surface area contributed by atoms with Gasteiger partial charge in [-0.15, -0.1) is 11.3 Å². The van der Waals surface area contributed by atoms with Crippen molar-refractivity contribution >= 4 is 28.2 Å². The van der Waals surface area contributed by atoms with Crippen LogP contribution in [0.3, 0.4) is 0 Å². The summed E-state index contributed by atoms with van der Waals surface area (Å²) >= 11 is 1.75. The quantitative estimate of drug-likeness (QED) is 0.808. The maximum atomic E-state index is 5.25. The monoisotopic (exact) mass is 370 g/mol. The Balaban J connectivity index is 1.72. The van der Waals surface area contributed by atoms with E-state index >= 15 is 0 Å². The van der Waals surface area contributed by atoms with Gasteiger partial charge in [0, 0.05) is 62.6 Å². The van der Waals surface area contributed by atoms with Gasteiger partial charge in [0.25, 0.3) is 0 Å². The van der Waals surface area contributed by atoms with Crippen LogP contribution in [0.4, 0.5) is 5.00 Å². The van der Waals surface area contributed by atoms with E-state index < -0.39 is 0 Å². The van der Waals surface area contributed by atoms with Crippen LogP contribution in [-0.2, 0) is 4.74 Å². The average Bonchev–Trinajstić information content (AvgIpc) is 3.06. The second kappa shape index (κ2) is 7.78. The molecule has 2 aliphatic heterocycles. The number of nitrogens with zero attached hydrogens (tertiary/aromatic N) is 3. The lowest BCUT2D eigenvalue weighted by Gasteiger charge is -2.41. The van der Waals surface area contributed by atoms with E-state index in [0.29, 0.717) is 6.04 Å². The fourth-order valence-corrected chi connectivity index (χ4v) is 4.61. The SMILES string of the molecule is COCCCC1CN(C2=c3ncccc3=CNc3sccc32)CCN1C. The standard InChI is InChI=1S/C20H26N4OS/c1-23-9-10-24(14-16(23)6-4-11-25-2)19-17-7-12-26-20(17)22-13-15-5-3-8-21-18(15)19/h3,5,7-8,12-13,16,22H,4,6,9-11,14H2,1-2H3.